The van der Waals surface area contributed by atoms with Crippen LogP contribution >= 0.6 is 0 Å². The van der Waals surface area contributed by atoms with E-state index in [0.29, 0.717) is 5.92 Å². The predicted octanol–water partition coefficient (Wildman–Crippen LogP) is 0.791. The molecule has 0 aliphatic carbocycles. The van der Waals surface area contributed by atoms with Gasteiger partial charge in [-0.3, -0.25) is 0 Å². The first-order chi connectivity index (χ1) is 7.20. The minimum atomic E-state index is 0.252. The van der Waals surface area contributed by atoms with Crippen LogP contribution in [0.2, 0.25) is 0 Å². The third kappa shape index (κ3) is 2.04. The van der Waals surface area contributed by atoms with Gasteiger partial charge in [-0.2, -0.15) is 0 Å². The number of nitrogens with two attached hydrogens (primary N) is 1. The fraction of sp³-hybridized carbons (Fsp3) is 0.545. The fourth-order valence-electron chi connectivity index (χ4n) is 2.02. The van der Waals surface area contributed by atoms with Crippen LogP contribution in [0.4, 0.5) is 11.5 Å². The van der Waals surface area contributed by atoms with Crippen LogP contribution in [-0.4, -0.2) is 29.8 Å². The lowest BCUT2D eigenvalue weighted by molar-refractivity contribution is 0.238. The Hall–Kier alpha value is -1.29. The third-order valence-corrected chi connectivity index (χ3v) is 2.88. The highest BCUT2D eigenvalue weighted by molar-refractivity contribution is 5.63. The van der Waals surface area contributed by atoms with Gasteiger partial charge in [0, 0.05) is 31.8 Å². The Morgan fingerprint density at radius 2 is 2.47 bits per heavy atom. The van der Waals surface area contributed by atoms with Crippen LogP contribution in [0.1, 0.15) is 12.0 Å². The van der Waals surface area contributed by atoms with Crippen LogP contribution in [0.3, 0.4) is 0 Å². The van der Waals surface area contributed by atoms with E-state index in [0.717, 1.165) is 36.6 Å². The number of nitrogens with zero attached hydrogens (tertiary/aromatic N) is 2. The minimum absolute atomic E-state index is 0.252. The van der Waals surface area contributed by atoms with E-state index >= 15 is 0 Å². The number of hydrogen-bond acceptors (Lipinski definition) is 4. The van der Waals surface area contributed by atoms with Gasteiger partial charge in [-0.1, -0.05) is 0 Å². The number of aliphatic hydroxyl groups is 1. The number of aromatic nitrogens is 1. The molecule has 1 unspecified atom stereocenters. The smallest absolute Gasteiger partial charge is 0.151 e. The van der Waals surface area contributed by atoms with Crippen molar-refractivity contribution < 1.29 is 5.11 Å². The monoisotopic (exact) mass is 207 g/mol. The van der Waals surface area contributed by atoms with E-state index in [1.807, 2.05) is 19.2 Å². The first kappa shape index (κ1) is 10.2. The van der Waals surface area contributed by atoms with E-state index in [9.17, 15) is 0 Å². The molecule has 0 radical (unpaired) electrons. The second-order valence-corrected chi connectivity index (χ2v) is 4.21. The normalized spacial score (nSPS) is 20.9. The van der Waals surface area contributed by atoms with Gasteiger partial charge in [0.1, 0.15) is 0 Å². The molecule has 4 heteroatoms. The van der Waals surface area contributed by atoms with Gasteiger partial charge < -0.3 is 15.7 Å². The van der Waals surface area contributed by atoms with E-state index in [4.69, 9.17) is 10.8 Å². The van der Waals surface area contributed by atoms with Gasteiger partial charge >= 0.3 is 0 Å². The lowest BCUT2D eigenvalue weighted by atomic mass is 10.1. The molecule has 1 saturated heterocycles. The number of hydrogen-bond donors (Lipinski definition) is 2. The molecular formula is C11H17N3O. The SMILES string of the molecule is Cc1cnc(N2CCC(CO)C2)c(N)c1. The molecule has 1 fully saturated rings. The number of aliphatic hydroxyl groups excluding tert-OH is 1. The van der Waals surface area contributed by atoms with Crippen molar-refractivity contribution in [1.29, 1.82) is 0 Å². The average Bonchev–Trinajstić information content (AvgIpc) is 2.66. The first-order valence-electron chi connectivity index (χ1n) is 5.28. The third-order valence-electron chi connectivity index (χ3n) is 2.88. The van der Waals surface area contributed by atoms with E-state index in [2.05, 4.69) is 9.88 Å². The van der Waals surface area contributed by atoms with E-state index in [1.54, 1.807) is 0 Å². The number of aryl methyl sites for hydroxylation is 1. The van der Waals surface area contributed by atoms with Gasteiger partial charge in [-0.05, 0) is 25.0 Å². The van der Waals surface area contributed by atoms with Crippen LogP contribution < -0.4 is 10.6 Å². The Balaban J connectivity index is 2.17. The Morgan fingerprint density at radius 1 is 1.67 bits per heavy atom. The summed E-state index contributed by atoms with van der Waals surface area (Å²) in [7, 11) is 0. The average molecular weight is 207 g/mol. The number of anilines is 2. The highest BCUT2D eigenvalue weighted by Crippen LogP contribution is 2.26. The minimum Gasteiger partial charge on any atom is -0.396 e. The molecular weight excluding hydrogens is 190 g/mol. The van der Waals surface area contributed by atoms with Crippen LogP contribution in [0.5, 0.6) is 0 Å². The van der Waals surface area contributed by atoms with Gasteiger partial charge in [0.05, 0.1) is 5.69 Å². The molecule has 2 rings (SSSR count). The van der Waals surface area contributed by atoms with Crippen LogP contribution in [0, 0.1) is 12.8 Å². The molecule has 1 aromatic heterocycles. The quantitative estimate of drug-likeness (QED) is 0.752. The number of nitrogen functional groups attached to an aromatic ring is 1. The van der Waals surface area contributed by atoms with Crippen LogP contribution in [0.15, 0.2) is 12.3 Å². The maximum atomic E-state index is 9.07. The topological polar surface area (TPSA) is 62.4 Å². The number of rotatable bonds is 2. The van der Waals surface area contributed by atoms with Crippen molar-refractivity contribution in [2.75, 3.05) is 30.3 Å². The summed E-state index contributed by atoms with van der Waals surface area (Å²) >= 11 is 0. The van der Waals surface area contributed by atoms with Crippen molar-refractivity contribution in [3.8, 4) is 0 Å². The second-order valence-electron chi connectivity index (χ2n) is 4.21. The summed E-state index contributed by atoms with van der Waals surface area (Å²) < 4.78 is 0. The summed E-state index contributed by atoms with van der Waals surface area (Å²) in [5, 5.41) is 9.07. The summed E-state index contributed by atoms with van der Waals surface area (Å²) in [6.07, 6.45) is 2.85. The Labute approximate surface area is 89.7 Å². The highest BCUT2D eigenvalue weighted by Gasteiger charge is 2.23. The molecule has 3 N–H and O–H groups in total. The summed E-state index contributed by atoms with van der Waals surface area (Å²) in [6.45, 7) is 4.03. The molecule has 1 aliphatic heterocycles. The highest BCUT2D eigenvalue weighted by atomic mass is 16.3. The fourth-order valence-corrected chi connectivity index (χ4v) is 2.02. The van der Waals surface area contributed by atoms with Gasteiger partial charge in [0.25, 0.3) is 0 Å². The molecule has 1 aromatic rings. The molecule has 0 spiro atoms. The van der Waals surface area contributed by atoms with Crippen molar-refractivity contribution >= 4 is 11.5 Å². The molecule has 2 heterocycles. The van der Waals surface area contributed by atoms with Crippen LogP contribution in [0.25, 0.3) is 0 Å². The summed E-state index contributed by atoms with van der Waals surface area (Å²) in [5.74, 6) is 1.23. The zero-order valence-corrected chi connectivity index (χ0v) is 8.98. The van der Waals surface area contributed by atoms with Crippen LogP contribution in [-0.2, 0) is 0 Å². The zero-order chi connectivity index (χ0) is 10.8. The Bertz CT molecular complexity index is 354. The molecule has 0 saturated carbocycles. The number of pyridine rings is 1. The predicted molar refractivity (Wildman–Crippen MR) is 60.8 cm³/mol. The molecule has 82 valence electrons. The molecule has 0 bridgehead atoms. The summed E-state index contributed by atoms with van der Waals surface area (Å²) in [4.78, 5) is 6.50. The maximum absolute atomic E-state index is 9.07. The molecule has 4 nitrogen and oxygen atoms in total. The molecule has 0 amide bonds. The van der Waals surface area contributed by atoms with E-state index in [1.165, 1.54) is 0 Å². The van der Waals surface area contributed by atoms with Crippen molar-refractivity contribution in [1.82, 2.24) is 4.98 Å². The van der Waals surface area contributed by atoms with Gasteiger partial charge in [0.15, 0.2) is 5.82 Å². The van der Waals surface area contributed by atoms with Crippen molar-refractivity contribution in [3.63, 3.8) is 0 Å². The molecule has 0 aromatic carbocycles. The standard InChI is InChI=1S/C11H17N3O/c1-8-4-10(12)11(13-5-8)14-3-2-9(6-14)7-15/h4-5,9,15H,2-3,6-7,12H2,1H3. The van der Waals surface area contributed by atoms with Crippen molar-refractivity contribution in [3.05, 3.63) is 17.8 Å². The van der Waals surface area contributed by atoms with E-state index < -0.39 is 0 Å². The van der Waals surface area contributed by atoms with Gasteiger partial charge in [-0.25, -0.2) is 4.98 Å². The van der Waals surface area contributed by atoms with Crippen molar-refractivity contribution in [2.45, 2.75) is 13.3 Å². The molecule has 1 aliphatic rings. The van der Waals surface area contributed by atoms with E-state index in [-0.39, 0.29) is 6.61 Å². The summed E-state index contributed by atoms with van der Waals surface area (Å²) in [5.41, 5.74) is 7.73. The van der Waals surface area contributed by atoms with Crippen molar-refractivity contribution in [2.24, 2.45) is 5.92 Å². The first-order valence-corrected chi connectivity index (χ1v) is 5.28. The second kappa shape index (κ2) is 4.06. The van der Waals surface area contributed by atoms with Gasteiger partial charge in [0.2, 0.25) is 0 Å². The maximum Gasteiger partial charge on any atom is 0.151 e. The lowest BCUT2D eigenvalue weighted by Gasteiger charge is -2.19. The zero-order valence-electron chi connectivity index (χ0n) is 8.98. The van der Waals surface area contributed by atoms with Gasteiger partial charge in [-0.15, -0.1) is 0 Å². The summed E-state index contributed by atoms with van der Waals surface area (Å²) in [6, 6.07) is 1.94. The molecule has 1 atom stereocenters. The molecule has 15 heavy (non-hydrogen) atoms. The Morgan fingerprint density at radius 3 is 3.07 bits per heavy atom. The Kier molecular flexibility index (Phi) is 2.77. The largest absolute Gasteiger partial charge is 0.396 e. The lowest BCUT2D eigenvalue weighted by Crippen LogP contribution is -2.22.